The monoisotopic (exact) mass is 292 g/mol. The molecule has 0 aromatic heterocycles. The highest BCUT2D eigenvalue weighted by Gasteiger charge is 2.05. The first-order chi connectivity index (χ1) is 10.1. The third kappa shape index (κ3) is 4.34. The van der Waals surface area contributed by atoms with Crippen molar-refractivity contribution in [1.82, 2.24) is 0 Å². The quantitative estimate of drug-likeness (QED) is 0.793. The molecule has 0 spiro atoms. The minimum absolute atomic E-state index is 0.167. The highest BCUT2D eigenvalue weighted by Crippen LogP contribution is 2.23. The molecule has 0 aliphatic carbocycles. The normalized spacial score (nSPS) is 10.4. The summed E-state index contributed by atoms with van der Waals surface area (Å²) in [6.45, 7) is 2.78. The van der Waals surface area contributed by atoms with E-state index in [0.717, 1.165) is 18.6 Å². The van der Waals surface area contributed by atoms with Crippen LogP contribution < -0.4 is 15.8 Å². The van der Waals surface area contributed by atoms with Crippen molar-refractivity contribution in [3.05, 3.63) is 53.6 Å². The molecule has 0 atom stereocenters. The number of halogens is 2. The SMILES string of the molecule is CCCOc1cc(N)cc(NCc2cc(F)ccc2F)c1. The predicted molar refractivity (Wildman–Crippen MR) is 80.3 cm³/mol. The topological polar surface area (TPSA) is 47.3 Å². The summed E-state index contributed by atoms with van der Waals surface area (Å²) in [6, 6.07) is 8.60. The van der Waals surface area contributed by atoms with Crippen LogP contribution in [0.25, 0.3) is 0 Å². The molecule has 0 saturated carbocycles. The lowest BCUT2D eigenvalue weighted by molar-refractivity contribution is 0.318. The Morgan fingerprint density at radius 1 is 1.14 bits per heavy atom. The van der Waals surface area contributed by atoms with Crippen LogP contribution in [0.1, 0.15) is 18.9 Å². The average molecular weight is 292 g/mol. The lowest BCUT2D eigenvalue weighted by Crippen LogP contribution is -2.04. The fourth-order valence-corrected chi connectivity index (χ4v) is 1.90. The largest absolute Gasteiger partial charge is 0.493 e. The van der Waals surface area contributed by atoms with E-state index in [1.54, 1.807) is 18.2 Å². The van der Waals surface area contributed by atoms with Gasteiger partial charge in [-0.15, -0.1) is 0 Å². The Bertz CT molecular complexity index is 617. The number of rotatable bonds is 6. The number of nitrogens with two attached hydrogens (primary N) is 1. The molecule has 0 bridgehead atoms. The van der Waals surface area contributed by atoms with Crippen molar-refractivity contribution in [2.45, 2.75) is 19.9 Å². The van der Waals surface area contributed by atoms with Crippen LogP contribution in [0.4, 0.5) is 20.2 Å². The van der Waals surface area contributed by atoms with Crippen molar-refractivity contribution in [2.75, 3.05) is 17.7 Å². The Hall–Kier alpha value is -2.30. The molecular weight excluding hydrogens is 274 g/mol. The standard InChI is InChI=1S/C16H18F2N2O/c1-2-5-21-15-8-13(19)7-14(9-15)20-10-11-6-12(17)3-4-16(11)18/h3-4,6-9,20H,2,5,10,19H2,1H3. The Kier molecular flexibility index (Phi) is 4.98. The summed E-state index contributed by atoms with van der Waals surface area (Å²) in [5.41, 5.74) is 7.30. The van der Waals surface area contributed by atoms with Gasteiger partial charge in [0, 0.05) is 35.6 Å². The van der Waals surface area contributed by atoms with Crippen molar-refractivity contribution < 1.29 is 13.5 Å². The molecule has 0 saturated heterocycles. The maximum Gasteiger partial charge on any atom is 0.128 e. The van der Waals surface area contributed by atoms with Crippen molar-refractivity contribution in [3.8, 4) is 5.75 Å². The van der Waals surface area contributed by atoms with Crippen molar-refractivity contribution in [3.63, 3.8) is 0 Å². The molecular formula is C16H18F2N2O. The third-order valence-electron chi connectivity index (χ3n) is 2.89. The lowest BCUT2D eigenvalue weighted by Gasteiger charge is -2.11. The van der Waals surface area contributed by atoms with Gasteiger partial charge >= 0.3 is 0 Å². The number of nitrogens with one attached hydrogen (secondary N) is 1. The summed E-state index contributed by atoms with van der Waals surface area (Å²) in [6.07, 6.45) is 0.895. The minimum Gasteiger partial charge on any atom is -0.493 e. The predicted octanol–water partition coefficient (Wildman–Crippen LogP) is 3.95. The van der Waals surface area contributed by atoms with E-state index in [9.17, 15) is 8.78 Å². The second-order valence-corrected chi connectivity index (χ2v) is 4.73. The number of hydrogen-bond acceptors (Lipinski definition) is 3. The molecule has 0 radical (unpaired) electrons. The summed E-state index contributed by atoms with van der Waals surface area (Å²) < 4.78 is 32.2. The molecule has 0 aliphatic rings. The average Bonchev–Trinajstić information content (AvgIpc) is 2.45. The van der Waals surface area contributed by atoms with Gasteiger partial charge in [0.2, 0.25) is 0 Å². The summed E-state index contributed by atoms with van der Waals surface area (Å²) >= 11 is 0. The van der Waals surface area contributed by atoms with E-state index in [0.29, 0.717) is 23.7 Å². The summed E-state index contributed by atoms with van der Waals surface area (Å²) in [5.74, 6) is -0.262. The molecule has 0 unspecified atom stereocenters. The smallest absolute Gasteiger partial charge is 0.128 e. The molecule has 21 heavy (non-hydrogen) atoms. The van der Waals surface area contributed by atoms with E-state index >= 15 is 0 Å². The van der Waals surface area contributed by atoms with Gasteiger partial charge in [-0.2, -0.15) is 0 Å². The summed E-state index contributed by atoms with van der Waals surface area (Å²) in [4.78, 5) is 0. The van der Waals surface area contributed by atoms with Crippen molar-refractivity contribution in [1.29, 1.82) is 0 Å². The summed E-state index contributed by atoms with van der Waals surface area (Å²) in [5, 5.41) is 3.02. The van der Waals surface area contributed by atoms with Crippen LogP contribution in [-0.2, 0) is 6.54 Å². The number of benzene rings is 2. The van der Waals surface area contributed by atoms with Crippen LogP contribution in [0.3, 0.4) is 0 Å². The zero-order valence-electron chi connectivity index (χ0n) is 11.8. The number of hydrogen-bond donors (Lipinski definition) is 2. The van der Waals surface area contributed by atoms with Gasteiger partial charge in [0.25, 0.3) is 0 Å². The van der Waals surface area contributed by atoms with Crippen LogP contribution in [-0.4, -0.2) is 6.61 Å². The first-order valence-electron chi connectivity index (χ1n) is 6.79. The van der Waals surface area contributed by atoms with Gasteiger partial charge in [-0.05, 0) is 30.7 Å². The van der Waals surface area contributed by atoms with Crippen LogP contribution in [0.15, 0.2) is 36.4 Å². The first kappa shape index (κ1) is 15.1. The van der Waals surface area contributed by atoms with E-state index in [2.05, 4.69) is 5.32 Å². The Balaban J connectivity index is 2.08. The molecule has 2 rings (SSSR count). The molecule has 5 heteroatoms. The fraction of sp³-hybridized carbons (Fsp3) is 0.250. The van der Waals surface area contributed by atoms with Crippen LogP contribution >= 0.6 is 0 Å². The fourth-order valence-electron chi connectivity index (χ4n) is 1.90. The van der Waals surface area contributed by atoms with Crippen molar-refractivity contribution in [2.24, 2.45) is 0 Å². The van der Waals surface area contributed by atoms with Crippen LogP contribution in [0, 0.1) is 11.6 Å². The Labute approximate surface area is 122 Å². The second kappa shape index (κ2) is 6.92. The van der Waals surface area contributed by atoms with Crippen LogP contribution in [0.5, 0.6) is 5.75 Å². The summed E-state index contributed by atoms with van der Waals surface area (Å²) in [7, 11) is 0. The lowest BCUT2D eigenvalue weighted by atomic mass is 10.2. The molecule has 2 aromatic rings. The molecule has 112 valence electrons. The molecule has 3 N–H and O–H groups in total. The van der Waals surface area contributed by atoms with E-state index in [4.69, 9.17) is 10.5 Å². The van der Waals surface area contributed by atoms with Gasteiger partial charge in [0.15, 0.2) is 0 Å². The minimum atomic E-state index is -0.465. The number of nitrogen functional groups attached to an aromatic ring is 1. The van der Waals surface area contributed by atoms with Gasteiger partial charge in [-0.25, -0.2) is 8.78 Å². The third-order valence-corrected chi connectivity index (χ3v) is 2.89. The first-order valence-corrected chi connectivity index (χ1v) is 6.79. The van der Waals surface area contributed by atoms with Gasteiger partial charge in [0.05, 0.1) is 6.61 Å². The van der Waals surface area contributed by atoms with Gasteiger partial charge in [-0.3, -0.25) is 0 Å². The zero-order chi connectivity index (χ0) is 15.2. The van der Waals surface area contributed by atoms with Crippen LogP contribution in [0.2, 0.25) is 0 Å². The second-order valence-electron chi connectivity index (χ2n) is 4.73. The molecule has 3 nitrogen and oxygen atoms in total. The number of anilines is 2. The molecule has 0 aliphatic heterocycles. The zero-order valence-corrected chi connectivity index (χ0v) is 11.8. The van der Waals surface area contributed by atoms with E-state index in [1.807, 2.05) is 6.92 Å². The molecule has 0 heterocycles. The highest BCUT2D eigenvalue weighted by molar-refractivity contribution is 5.59. The van der Waals surface area contributed by atoms with Gasteiger partial charge in [-0.1, -0.05) is 6.92 Å². The molecule has 0 amide bonds. The molecule has 2 aromatic carbocycles. The highest BCUT2D eigenvalue weighted by atomic mass is 19.1. The Morgan fingerprint density at radius 3 is 2.71 bits per heavy atom. The molecule has 0 fully saturated rings. The van der Waals surface area contributed by atoms with E-state index in [1.165, 1.54) is 6.07 Å². The maximum absolute atomic E-state index is 13.5. The van der Waals surface area contributed by atoms with Crippen molar-refractivity contribution >= 4 is 11.4 Å². The van der Waals surface area contributed by atoms with E-state index < -0.39 is 11.6 Å². The maximum atomic E-state index is 13.5. The van der Waals surface area contributed by atoms with Gasteiger partial charge in [0.1, 0.15) is 17.4 Å². The van der Waals surface area contributed by atoms with E-state index in [-0.39, 0.29) is 12.1 Å². The van der Waals surface area contributed by atoms with Gasteiger partial charge < -0.3 is 15.8 Å². The number of ether oxygens (including phenoxy) is 1. The Morgan fingerprint density at radius 2 is 1.95 bits per heavy atom.